The van der Waals surface area contributed by atoms with Gasteiger partial charge in [0.1, 0.15) is 5.75 Å². The molecule has 0 unspecified atom stereocenters. The molecule has 0 atom stereocenters. The largest absolute Gasteiger partial charge is 0.496 e. The van der Waals surface area contributed by atoms with E-state index in [0.717, 1.165) is 5.56 Å². The summed E-state index contributed by atoms with van der Waals surface area (Å²) in [5.74, 6) is 1.35. The van der Waals surface area contributed by atoms with Crippen molar-refractivity contribution in [3.8, 4) is 17.1 Å². The summed E-state index contributed by atoms with van der Waals surface area (Å²) in [5.41, 5.74) is 0.838. The predicted molar refractivity (Wildman–Crippen MR) is 52.9 cm³/mol. The molecular formula is C11H9N2O. The summed E-state index contributed by atoms with van der Waals surface area (Å²) in [7, 11) is 1.61. The molecule has 0 saturated carbocycles. The Balaban J connectivity index is 2.42. The highest BCUT2D eigenvalue weighted by molar-refractivity contribution is 5.55. The molecule has 0 saturated heterocycles. The van der Waals surface area contributed by atoms with E-state index in [1.807, 2.05) is 18.2 Å². The van der Waals surface area contributed by atoms with E-state index < -0.39 is 0 Å². The lowest BCUT2D eigenvalue weighted by molar-refractivity contribution is 0.414. The average molecular weight is 185 g/mol. The molecule has 0 amide bonds. The van der Waals surface area contributed by atoms with Gasteiger partial charge in [-0.05, 0) is 12.1 Å². The smallest absolute Gasteiger partial charge is 0.159 e. The van der Waals surface area contributed by atoms with E-state index in [2.05, 4.69) is 16.0 Å². The molecule has 1 aromatic carbocycles. The Labute approximate surface area is 82.4 Å². The van der Waals surface area contributed by atoms with Crippen molar-refractivity contribution in [1.82, 2.24) is 9.97 Å². The number of hydrogen-bond acceptors (Lipinski definition) is 3. The van der Waals surface area contributed by atoms with Crippen LogP contribution in [0.4, 0.5) is 0 Å². The van der Waals surface area contributed by atoms with Gasteiger partial charge in [0.05, 0.1) is 7.11 Å². The Morgan fingerprint density at radius 1 is 1.14 bits per heavy atom. The molecule has 1 heterocycles. The highest BCUT2D eigenvalue weighted by Gasteiger charge is 2.00. The van der Waals surface area contributed by atoms with Crippen molar-refractivity contribution in [2.75, 3.05) is 7.11 Å². The normalized spacial score (nSPS) is 9.79. The van der Waals surface area contributed by atoms with Gasteiger partial charge in [-0.3, -0.25) is 0 Å². The van der Waals surface area contributed by atoms with Crippen LogP contribution in [0.25, 0.3) is 11.4 Å². The number of aromatic nitrogens is 2. The van der Waals surface area contributed by atoms with Crippen LogP contribution in [-0.4, -0.2) is 17.1 Å². The monoisotopic (exact) mass is 185 g/mol. The molecule has 0 aliphatic carbocycles. The Morgan fingerprint density at radius 3 is 2.64 bits per heavy atom. The fourth-order valence-electron chi connectivity index (χ4n) is 1.14. The third-order valence-corrected chi connectivity index (χ3v) is 1.79. The fraction of sp³-hybridized carbons (Fsp3) is 0.0909. The average Bonchev–Trinajstić information content (AvgIpc) is 2.30. The van der Waals surface area contributed by atoms with Crippen molar-refractivity contribution in [1.29, 1.82) is 0 Å². The van der Waals surface area contributed by atoms with Crippen LogP contribution in [0.2, 0.25) is 0 Å². The predicted octanol–water partition coefficient (Wildman–Crippen LogP) is 1.95. The summed E-state index contributed by atoms with van der Waals surface area (Å²) in [6, 6.07) is 10.5. The van der Waals surface area contributed by atoms with Gasteiger partial charge in [0.15, 0.2) is 5.82 Å². The summed E-state index contributed by atoms with van der Waals surface area (Å²) < 4.78 is 5.07. The molecule has 0 aliphatic heterocycles. The molecular weight excluding hydrogens is 176 g/mol. The number of rotatable bonds is 2. The van der Waals surface area contributed by atoms with E-state index in [1.165, 1.54) is 0 Å². The van der Waals surface area contributed by atoms with Crippen LogP contribution in [0.15, 0.2) is 36.7 Å². The summed E-state index contributed by atoms with van der Waals surface area (Å²) >= 11 is 0. The Morgan fingerprint density at radius 2 is 1.93 bits per heavy atom. The van der Waals surface area contributed by atoms with Crippen molar-refractivity contribution >= 4 is 0 Å². The molecule has 1 radical (unpaired) electrons. The molecule has 0 bridgehead atoms. The molecule has 69 valence electrons. The van der Waals surface area contributed by atoms with Gasteiger partial charge >= 0.3 is 0 Å². The molecule has 0 N–H and O–H groups in total. The minimum absolute atomic E-state index is 0.659. The van der Waals surface area contributed by atoms with Crippen molar-refractivity contribution < 1.29 is 4.74 Å². The molecule has 3 heteroatoms. The van der Waals surface area contributed by atoms with Gasteiger partial charge < -0.3 is 4.74 Å². The van der Waals surface area contributed by atoms with Crippen LogP contribution in [0, 0.1) is 6.07 Å². The molecule has 0 fully saturated rings. The minimum Gasteiger partial charge on any atom is -0.496 e. The van der Waals surface area contributed by atoms with E-state index in [0.29, 0.717) is 11.6 Å². The second-order valence-electron chi connectivity index (χ2n) is 2.71. The number of ether oxygens (including phenoxy) is 1. The van der Waals surface area contributed by atoms with E-state index in [-0.39, 0.29) is 0 Å². The van der Waals surface area contributed by atoms with Crippen LogP contribution < -0.4 is 4.74 Å². The van der Waals surface area contributed by atoms with Crippen LogP contribution in [-0.2, 0) is 0 Å². The van der Waals surface area contributed by atoms with Gasteiger partial charge in [-0.1, -0.05) is 12.1 Å². The quantitative estimate of drug-likeness (QED) is 0.717. The van der Waals surface area contributed by atoms with E-state index >= 15 is 0 Å². The van der Waals surface area contributed by atoms with Crippen molar-refractivity contribution in [2.24, 2.45) is 0 Å². The summed E-state index contributed by atoms with van der Waals surface area (Å²) in [6.07, 6.45) is 3.41. The molecule has 0 spiro atoms. The van der Waals surface area contributed by atoms with Crippen LogP contribution in [0.3, 0.4) is 0 Å². The Hall–Kier alpha value is -1.90. The first-order valence-corrected chi connectivity index (χ1v) is 4.24. The van der Waals surface area contributed by atoms with Gasteiger partial charge in [0, 0.05) is 24.0 Å². The van der Waals surface area contributed by atoms with Crippen LogP contribution >= 0.6 is 0 Å². The lowest BCUT2D eigenvalue weighted by atomic mass is 10.2. The van der Waals surface area contributed by atoms with Crippen molar-refractivity contribution in [3.63, 3.8) is 0 Å². The maximum Gasteiger partial charge on any atom is 0.159 e. The van der Waals surface area contributed by atoms with Gasteiger partial charge in [-0.2, -0.15) is 0 Å². The molecule has 0 aliphatic rings. The lowest BCUT2D eigenvalue weighted by Gasteiger charge is -2.01. The summed E-state index contributed by atoms with van der Waals surface area (Å²) in [6.45, 7) is 0. The number of benzene rings is 1. The van der Waals surface area contributed by atoms with Crippen LogP contribution in [0.5, 0.6) is 5.75 Å². The summed E-state index contributed by atoms with van der Waals surface area (Å²) in [5, 5.41) is 0. The molecule has 2 aromatic rings. The van der Waals surface area contributed by atoms with Gasteiger partial charge in [0.25, 0.3) is 0 Å². The van der Waals surface area contributed by atoms with Gasteiger partial charge in [-0.25, -0.2) is 9.97 Å². The molecule has 3 nitrogen and oxygen atoms in total. The van der Waals surface area contributed by atoms with E-state index in [9.17, 15) is 0 Å². The highest BCUT2D eigenvalue weighted by atomic mass is 16.5. The Kier molecular flexibility index (Phi) is 2.40. The topological polar surface area (TPSA) is 35.0 Å². The standard InChI is InChI=1S/C11H9N2O/c1-14-10-5-2-4-9(8-10)11-12-6-3-7-13-11/h2-7H,1H3. The zero-order valence-electron chi connectivity index (χ0n) is 7.77. The second-order valence-corrected chi connectivity index (χ2v) is 2.71. The van der Waals surface area contributed by atoms with E-state index in [1.54, 1.807) is 25.6 Å². The van der Waals surface area contributed by atoms with E-state index in [4.69, 9.17) is 4.74 Å². The van der Waals surface area contributed by atoms with Crippen LogP contribution in [0.1, 0.15) is 0 Å². The molecule has 14 heavy (non-hydrogen) atoms. The minimum atomic E-state index is 0.659. The SMILES string of the molecule is COc1[c]c(-c2ncccn2)ccc1. The first-order chi connectivity index (χ1) is 6.90. The number of methoxy groups -OCH3 is 1. The molecule has 2 rings (SSSR count). The van der Waals surface area contributed by atoms with Gasteiger partial charge in [0.2, 0.25) is 0 Å². The Bertz CT molecular complexity index is 415. The third kappa shape index (κ3) is 1.71. The van der Waals surface area contributed by atoms with Crippen molar-refractivity contribution in [2.45, 2.75) is 0 Å². The number of nitrogens with zero attached hydrogens (tertiary/aromatic N) is 2. The first kappa shape index (κ1) is 8.69. The first-order valence-electron chi connectivity index (χ1n) is 4.24. The third-order valence-electron chi connectivity index (χ3n) is 1.79. The maximum absolute atomic E-state index is 5.07. The maximum atomic E-state index is 5.07. The second kappa shape index (κ2) is 3.87. The number of hydrogen-bond donors (Lipinski definition) is 0. The van der Waals surface area contributed by atoms with Crippen molar-refractivity contribution in [3.05, 3.63) is 42.7 Å². The zero-order chi connectivity index (χ0) is 9.80. The fourth-order valence-corrected chi connectivity index (χ4v) is 1.14. The zero-order valence-corrected chi connectivity index (χ0v) is 7.77. The highest BCUT2D eigenvalue weighted by Crippen LogP contribution is 2.18. The summed E-state index contributed by atoms with van der Waals surface area (Å²) in [4.78, 5) is 8.25. The molecule has 1 aromatic heterocycles. The van der Waals surface area contributed by atoms with Gasteiger partial charge in [-0.15, -0.1) is 0 Å². The lowest BCUT2D eigenvalue weighted by Crippen LogP contribution is -1.88.